The third kappa shape index (κ3) is 2.95. The summed E-state index contributed by atoms with van der Waals surface area (Å²) in [7, 11) is 0. The molecule has 0 bridgehead atoms. The molecule has 0 atom stereocenters. The molecule has 0 aliphatic heterocycles. The molecule has 1 aliphatic carbocycles. The topological polar surface area (TPSA) is 51.2 Å². The van der Waals surface area contributed by atoms with Gasteiger partial charge in [0.25, 0.3) is 5.91 Å². The van der Waals surface area contributed by atoms with Crippen LogP contribution < -0.4 is 5.48 Å². The van der Waals surface area contributed by atoms with Crippen molar-refractivity contribution in [3.63, 3.8) is 0 Å². The van der Waals surface area contributed by atoms with Crippen LogP contribution in [0, 0.1) is 6.92 Å². The molecule has 21 heavy (non-hydrogen) atoms. The first-order valence-corrected chi connectivity index (χ1v) is 7.09. The molecule has 1 aromatic carbocycles. The van der Waals surface area contributed by atoms with Gasteiger partial charge in [-0.1, -0.05) is 35.9 Å². The van der Waals surface area contributed by atoms with Crippen molar-refractivity contribution in [3.05, 3.63) is 65.5 Å². The second-order valence-corrected chi connectivity index (χ2v) is 5.53. The monoisotopic (exact) mass is 282 g/mol. The van der Waals surface area contributed by atoms with E-state index < -0.39 is 5.41 Å². The van der Waals surface area contributed by atoms with Gasteiger partial charge in [-0.2, -0.15) is 0 Å². The lowest BCUT2D eigenvalue weighted by molar-refractivity contribution is -0.137. The van der Waals surface area contributed by atoms with Gasteiger partial charge in [0, 0.05) is 12.4 Å². The van der Waals surface area contributed by atoms with Gasteiger partial charge in [-0.05, 0) is 37.0 Å². The Balaban J connectivity index is 1.60. The number of nitrogens with one attached hydrogen (secondary N) is 1. The second-order valence-electron chi connectivity index (χ2n) is 5.53. The van der Waals surface area contributed by atoms with Crippen LogP contribution in [-0.4, -0.2) is 10.9 Å². The fourth-order valence-corrected chi connectivity index (χ4v) is 2.48. The van der Waals surface area contributed by atoms with Crippen LogP contribution in [0.15, 0.2) is 48.8 Å². The highest BCUT2D eigenvalue weighted by atomic mass is 16.6. The first-order valence-electron chi connectivity index (χ1n) is 7.09. The van der Waals surface area contributed by atoms with Crippen molar-refractivity contribution in [2.45, 2.75) is 31.8 Å². The number of hydrogen-bond acceptors (Lipinski definition) is 3. The molecule has 1 amide bonds. The molecule has 0 radical (unpaired) electrons. The maximum Gasteiger partial charge on any atom is 0.254 e. The van der Waals surface area contributed by atoms with E-state index >= 15 is 0 Å². The van der Waals surface area contributed by atoms with Crippen LogP contribution in [0.1, 0.15) is 29.5 Å². The van der Waals surface area contributed by atoms with E-state index in [1.807, 2.05) is 37.3 Å². The molecule has 0 unspecified atom stereocenters. The molecule has 1 fully saturated rings. The summed E-state index contributed by atoms with van der Waals surface area (Å²) >= 11 is 0. The fourth-order valence-electron chi connectivity index (χ4n) is 2.48. The van der Waals surface area contributed by atoms with Gasteiger partial charge in [0.1, 0.15) is 6.61 Å². The molecule has 0 saturated heterocycles. The van der Waals surface area contributed by atoms with E-state index in [-0.39, 0.29) is 5.91 Å². The zero-order valence-corrected chi connectivity index (χ0v) is 12.0. The molecule has 1 aromatic heterocycles. The molecule has 1 saturated carbocycles. The van der Waals surface area contributed by atoms with Crippen molar-refractivity contribution < 1.29 is 9.63 Å². The highest BCUT2D eigenvalue weighted by molar-refractivity contribution is 5.90. The van der Waals surface area contributed by atoms with Gasteiger partial charge in [-0.25, -0.2) is 5.48 Å². The average Bonchev–Trinajstić information content (AvgIpc) is 3.30. The summed E-state index contributed by atoms with van der Waals surface area (Å²) in [6.45, 7) is 2.36. The molecule has 3 rings (SSSR count). The minimum absolute atomic E-state index is 0.0583. The van der Waals surface area contributed by atoms with Crippen molar-refractivity contribution in [2.24, 2.45) is 0 Å². The zero-order valence-electron chi connectivity index (χ0n) is 12.0. The van der Waals surface area contributed by atoms with Crippen LogP contribution in [0.3, 0.4) is 0 Å². The maximum atomic E-state index is 12.4. The van der Waals surface area contributed by atoms with Gasteiger partial charge >= 0.3 is 0 Å². The lowest BCUT2D eigenvalue weighted by Crippen LogP contribution is -2.34. The summed E-state index contributed by atoms with van der Waals surface area (Å²) in [6, 6.07) is 11.9. The largest absolute Gasteiger partial charge is 0.272 e. The van der Waals surface area contributed by atoms with E-state index in [1.165, 1.54) is 5.56 Å². The lowest BCUT2D eigenvalue weighted by Gasteiger charge is -2.16. The number of nitrogens with zero attached hydrogens (tertiary/aromatic N) is 1. The number of carbonyl (C=O) groups is 1. The van der Waals surface area contributed by atoms with Gasteiger partial charge in [0.2, 0.25) is 0 Å². The van der Waals surface area contributed by atoms with E-state index in [0.29, 0.717) is 6.61 Å². The summed E-state index contributed by atoms with van der Waals surface area (Å²) < 4.78 is 0. The minimum atomic E-state index is -0.402. The van der Waals surface area contributed by atoms with E-state index in [9.17, 15) is 4.79 Å². The molecular weight excluding hydrogens is 264 g/mol. The first-order chi connectivity index (χ1) is 10.2. The zero-order chi connectivity index (χ0) is 14.7. The number of pyridine rings is 1. The van der Waals surface area contributed by atoms with E-state index in [4.69, 9.17) is 4.84 Å². The molecule has 108 valence electrons. The molecular formula is C17H18N2O2. The van der Waals surface area contributed by atoms with Crippen molar-refractivity contribution >= 4 is 5.91 Å². The Labute approximate surface area is 124 Å². The Bertz CT molecular complexity index is 636. The van der Waals surface area contributed by atoms with E-state index in [1.54, 1.807) is 12.4 Å². The van der Waals surface area contributed by atoms with E-state index in [0.717, 1.165) is 24.0 Å². The summed E-state index contributed by atoms with van der Waals surface area (Å²) in [5.41, 5.74) is 5.36. The van der Waals surface area contributed by atoms with Gasteiger partial charge < -0.3 is 0 Å². The Hall–Kier alpha value is -2.20. The molecule has 4 nitrogen and oxygen atoms in total. The third-order valence-corrected chi connectivity index (χ3v) is 3.88. The van der Waals surface area contributed by atoms with Crippen molar-refractivity contribution in [3.8, 4) is 0 Å². The molecule has 1 N–H and O–H groups in total. The summed E-state index contributed by atoms with van der Waals surface area (Å²) in [4.78, 5) is 21.7. The first kappa shape index (κ1) is 13.8. The van der Waals surface area contributed by atoms with Crippen molar-refractivity contribution in [1.29, 1.82) is 0 Å². The number of hydroxylamine groups is 1. The van der Waals surface area contributed by atoms with Crippen LogP contribution in [0.4, 0.5) is 0 Å². The molecule has 0 spiro atoms. The van der Waals surface area contributed by atoms with Crippen LogP contribution >= 0.6 is 0 Å². The predicted molar refractivity (Wildman–Crippen MR) is 79.3 cm³/mol. The van der Waals surface area contributed by atoms with Gasteiger partial charge in [-0.3, -0.25) is 14.6 Å². The average molecular weight is 282 g/mol. The van der Waals surface area contributed by atoms with Gasteiger partial charge in [-0.15, -0.1) is 0 Å². The Morgan fingerprint density at radius 2 is 2.19 bits per heavy atom. The number of aromatic nitrogens is 1. The van der Waals surface area contributed by atoms with Gasteiger partial charge in [0.05, 0.1) is 5.41 Å². The summed E-state index contributed by atoms with van der Waals surface area (Å²) in [5, 5.41) is 0. The number of amides is 1. The number of hydrogen-bond donors (Lipinski definition) is 1. The second kappa shape index (κ2) is 5.66. The number of aryl methyl sites for hydroxylation is 1. The fraction of sp³-hybridized carbons (Fsp3) is 0.294. The Morgan fingerprint density at radius 3 is 2.86 bits per heavy atom. The normalized spacial score (nSPS) is 15.5. The summed E-state index contributed by atoms with van der Waals surface area (Å²) in [5.74, 6) is -0.0583. The Morgan fingerprint density at radius 1 is 1.33 bits per heavy atom. The quantitative estimate of drug-likeness (QED) is 0.858. The molecule has 1 aliphatic rings. The highest BCUT2D eigenvalue weighted by Gasteiger charge is 2.51. The van der Waals surface area contributed by atoms with Crippen LogP contribution in [0.2, 0.25) is 0 Å². The highest BCUT2D eigenvalue weighted by Crippen LogP contribution is 2.48. The van der Waals surface area contributed by atoms with Crippen molar-refractivity contribution in [2.75, 3.05) is 0 Å². The number of carbonyl (C=O) groups excluding carboxylic acids is 1. The predicted octanol–water partition coefficient (Wildman–Crippen LogP) is 2.67. The molecule has 1 heterocycles. The van der Waals surface area contributed by atoms with Crippen LogP contribution in [0.25, 0.3) is 0 Å². The smallest absolute Gasteiger partial charge is 0.254 e. The number of rotatable bonds is 5. The van der Waals surface area contributed by atoms with Crippen LogP contribution in [-0.2, 0) is 21.7 Å². The summed E-state index contributed by atoms with van der Waals surface area (Å²) in [6.07, 6.45) is 5.18. The van der Waals surface area contributed by atoms with Gasteiger partial charge in [0.15, 0.2) is 0 Å². The lowest BCUT2D eigenvalue weighted by atomic mass is 9.94. The maximum absolute atomic E-state index is 12.4. The standard InChI is InChI=1S/C17H18N2O2/c1-13-4-2-6-15(10-13)17(7-8-17)16(20)19-21-12-14-5-3-9-18-11-14/h2-6,9-11H,7-8,12H2,1H3,(H,19,20). The SMILES string of the molecule is Cc1cccc(C2(C(=O)NOCc3cccnc3)CC2)c1. The minimum Gasteiger partial charge on any atom is -0.272 e. The third-order valence-electron chi connectivity index (χ3n) is 3.88. The molecule has 4 heteroatoms. The molecule has 2 aromatic rings. The Kier molecular flexibility index (Phi) is 3.71. The van der Waals surface area contributed by atoms with Crippen molar-refractivity contribution in [1.82, 2.24) is 10.5 Å². The number of benzene rings is 1. The van der Waals surface area contributed by atoms with E-state index in [2.05, 4.69) is 16.5 Å². The van der Waals surface area contributed by atoms with Crippen LogP contribution in [0.5, 0.6) is 0 Å².